The van der Waals surface area contributed by atoms with Crippen LogP contribution in [-0.2, 0) is 0 Å². The highest BCUT2D eigenvalue weighted by Gasteiger charge is 2.24. The van der Waals surface area contributed by atoms with Crippen LogP contribution in [0.15, 0.2) is 47.4 Å². The molecule has 2 amide bonds. The van der Waals surface area contributed by atoms with Gasteiger partial charge >= 0.3 is 6.03 Å². The Morgan fingerprint density at radius 3 is 2.88 bits per heavy atom. The number of hydrogen-bond donors (Lipinski definition) is 3. The van der Waals surface area contributed by atoms with Crippen LogP contribution in [0, 0.1) is 11.6 Å². The van der Waals surface area contributed by atoms with E-state index < -0.39 is 18.0 Å². The van der Waals surface area contributed by atoms with E-state index in [9.17, 15) is 18.7 Å². The Morgan fingerprint density at radius 2 is 2.08 bits per heavy atom. The molecule has 0 aromatic heterocycles. The summed E-state index contributed by atoms with van der Waals surface area (Å²) in [4.78, 5) is 12.7. The molecular formula is C18H18F2N2O2S. The van der Waals surface area contributed by atoms with Crippen molar-refractivity contribution in [3.63, 3.8) is 0 Å². The van der Waals surface area contributed by atoms with E-state index in [1.54, 1.807) is 18.2 Å². The van der Waals surface area contributed by atoms with E-state index in [0.29, 0.717) is 22.6 Å². The SMILES string of the molecule is O=C(NCC(O)c1cccc(F)c1)NC1CCSc2c(F)cccc21. The summed E-state index contributed by atoms with van der Waals surface area (Å²) in [6.45, 7) is -0.0488. The Bertz CT molecular complexity index is 772. The Balaban J connectivity index is 1.58. The van der Waals surface area contributed by atoms with Crippen molar-refractivity contribution in [2.24, 2.45) is 0 Å². The summed E-state index contributed by atoms with van der Waals surface area (Å²) in [5, 5.41) is 15.4. The number of rotatable bonds is 4. The average Bonchev–Trinajstić information content (AvgIpc) is 2.60. The zero-order valence-corrected chi connectivity index (χ0v) is 14.2. The Hall–Kier alpha value is -2.12. The number of thioether (sulfide) groups is 1. The van der Waals surface area contributed by atoms with Crippen LogP contribution in [0.1, 0.15) is 29.7 Å². The maximum atomic E-state index is 13.8. The number of carbonyl (C=O) groups is 1. The number of carbonyl (C=O) groups excluding carboxylic acids is 1. The van der Waals surface area contributed by atoms with E-state index in [1.807, 2.05) is 0 Å². The maximum Gasteiger partial charge on any atom is 0.315 e. The first-order chi connectivity index (χ1) is 12.0. The molecule has 1 aliphatic heterocycles. The lowest BCUT2D eigenvalue weighted by molar-refractivity contribution is 0.172. The Kier molecular flexibility index (Phi) is 5.55. The fourth-order valence-electron chi connectivity index (χ4n) is 2.77. The van der Waals surface area contributed by atoms with E-state index in [1.165, 1.54) is 36.0 Å². The van der Waals surface area contributed by atoms with Gasteiger partial charge in [0, 0.05) is 17.2 Å². The van der Waals surface area contributed by atoms with Gasteiger partial charge in [0.05, 0.1) is 12.1 Å². The molecule has 3 N–H and O–H groups in total. The predicted molar refractivity (Wildman–Crippen MR) is 92.4 cm³/mol. The molecule has 2 aromatic rings. The smallest absolute Gasteiger partial charge is 0.315 e. The fourth-order valence-corrected chi connectivity index (χ4v) is 3.91. The van der Waals surface area contributed by atoms with Crippen molar-refractivity contribution in [1.82, 2.24) is 10.6 Å². The molecule has 0 radical (unpaired) electrons. The fraction of sp³-hybridized carbons (Fsp3) is 0.278. The summed E-state index contributed by atoms with van der Waals surface area (Å²) in [5.41, 5.74) is 1.15. The Labute approximate surface area is 148 Å². The van der Waals surface area contributed by atoms with Gasteiger partial charge in [0.25, 0.3) is 0 Å². The van der Waals surface area contributed by atoms with Gasteiger partial charge in [0.1, 0.15) is 11.6 Å². The van der Waals surface area contributed by atoms with E-state index in [4.69, 9.17) is 0 Å². The predicted octanol–water partition coefficient (Wildman–Crippen LogP) is 3.53. The zero-order chi connectivity index (χ0) is 17.8. The molecule has 0 aliphatic carbocycles. The van der Waals surface area contributed by atoms with E-state index in [2.05, 4.69) is 10.6 Å². The minimum absolute atomic E-state index is 0.0488. The summed E-state index contributed by atoms with van der Waals surface area (Å²) < 4.78 is 27.0. The van der Waals surface area contributed by atoms with Gasteiger partial charge in [-0.3, -0.25) is 0 Å². The molecule has 0 spiro atoms. The van der Waals surface area contributed by atoms with Crippen molar-refractivity contribution in [3.05, 3.63) is 65.2 Å². The van der Waals surface area contributed by atoms with Crippen molar-refractivity contribution in [3.8, 4) is 0 Å². The highest BCUT2D eigenvalue weighted by Crippen LogP contribution is 2.37. The first-order valence-corrected chi connectivity index (χ1v) is 8.92. The van der Waals surface area contributed by atoms with Crippen LogP contribution in [0.25, 0.3) is 0 Å². The summed E-state index contributed by atoms with van der Waals surface area (Å²) in [5.74, 6) is -0.0135. The number of halogens is 2. The number of nitrogens with one attached hydrogen (secondary N) is 2. The van der Waals surface area contributed by atoms with Crippen molar-refractivity contribution < 1.29 is 18.7 Å². The van der Waals surface area contributed by atoms with E-state index >= 15 is 0 Å². The van der Waals surface area contributed by atoms with Crippen LogP contribution in [0.3, 0.4) is 0 Å². The molecule has 7 heteroatoms. The largest absolute Gasteiger partial charge is 0.387 e. The number of aliphatic hydroxyl groups is 1. The highest BCUT2D eigenvalue weighted by molar-refractivity contribution is 7.99. The summed E-state index contributed by atoms with van der Waals surface area (Å²) in [7, 11) is 0. The number of fused-ring (bicyclic) bond motifs is 1. The molecule has 2 atom stereocenters. The second kappa shape index (κ2) is 7.84. The number of amides is 2. The first kappa shape index (κ1) is 17.7. The topological polar surface area (TPSA) is 61.4 Å². The van der Waals surface area contributed by atoms with Crippen LogP contribution >= 0.6 is 11.8 Å². The quantitative estimate of drug-likeness (QED) is 0.778. The van der Waals surface area contributed by atoms with Crippen LogP contribution in [0.5, 0.6) is 0 Å². The molecule has 1 aliphatic rings. The molecule has 3 rings (SSSR count). The molecule has 0 saturated heterocycles. The second-order valence-electron chi connectivity index (χ2n) is 5.77. The first-order valence-electron chi connectivity index (χ1n) is 7.93. The van der Waals surface area contributed by atoms with Crippen molar-refractivity contribution in [2.45, 2.75) is 23.5 Å². The molecule has 2 unspecified atom stereocenters. The van der Waals surface area contributed by atoms with Gasteiger partial charge in [-0.05, 0) is 35.7 Å². The lowest BCUT2D eigenvalue weighted by atomic mass is 10.0. The minimum Gasteiger partial charge on any atom is -0.387 e. The molecule has 0 saturated carbocycles. The van der Waals surface area contributed by atoms with Crippen LogP contribution in [0.4, 0.5) is 13.6 Å². The molecule has 1 heterocycles. The van der Waals surface area contributed by atoms with Crippen LogP contribution in [-0.4, -0.2) is 23.4 Å². The lowest BCUT2D eigenvalue weighted by Crippen LogP contribution is -2.40. The number of hydrogen-bond acceptors (Lipinski definition) is 3. The third-order valence-electron chi connectivity index (χ3n) is 4.02. The molecule has 0 fully saturated rings. The van der Waals surface area contributed by atoms with Crippen molar-refractivity contribution in [1.29, 1.82) is 0 Å². The summed E-state index contributed by atoms with van der Waals surface area (Å²) in [6, 6.07) is 9.70. The molecule has 2 aromatic carbocycles. The van der Waals surface area contributed by atoms with Crippen LogP contribution < -0.4 is 10.6 Å². The molecule has 4 nitrogen and oxygen atoms in total. The molecule has 132 valence electrons. The van der Waals surface area contributed by atoms with E-state index in [0.717, 1.165) is 5.56 Å². The third-order valence-corrected chi connectivity index (χ3v) is 5.18. The van der Waals surface area contributed by atoms with Gasteiger partial charge in [-0.1, -0.05) is 24.3 Å². The van der Waals surface area contributed by atoms with Gasteiger partial charge in [-0.25, -0.2) is 13.6 Å². The van der Waals surface area contributed by atoms with Crippen molar-refractivity contribution in [2.75, 3.05) is 12.3 Å². The van der Waals surface area contributed by atoms with Crippen LogP contribution in [0.2, 0.25) is 0 Å². The highest BCUT2D eigenvalue weighted by atomic mass is 32.2. The van der Waals surface area contributed by atoms with E-state index in [-0.39, 0.29) is 18.4 Å². The normalized spacial score (nSPS) is 17.5. The minimum atomic E-state index is -1.01. The molecular weight excluding hydrogens is 346 g/mol. The standard InChI is InChI=1S/C18H18F2N2O2S/c19-12-4-1-3-11(9-12)16(23)10-21-18(24)22-15-7-8-25-17-13(15)5-2-6-14(17)20/h1-6,9,15-16,23H,7-8,10H2,(H2,21,22,24). The van der Waals surface area contributed by atoms with Crippen molar-refractivity contribution >= 4 is 17.8 Å². The zero-order valence-electron chi connectivity index (χ0n) is 13.3. The van der Waals surface area contributed by atoms with Gasteiger partial charge < -0.3 is 15.7 Å². The maximum absolute atomic E-state index is 13.8. The average molecular weight is 364 g/mol. The summed E-state index contributed by atoms with van der Waals surface area (Å²) >= 11 is 1.44. The third kappa shape index (κ3) is 4.29. The number of aliphatic hydroxyl groups excluding tert-OH is 1. The van der Waals surface area contributed by atoms with Gasteiger partial charge in [0.15, 0.2) is 0 Å². The number of urea groups is 1. The monoisotopic (exact) mass is 364 g/mol. The molecule has 25 heavy (non-hydrogen) atoms. The van der Waals surface area contributed by atoms with Gasteiger partial charge in [0.2, 0.25) is 0 Å². The summed E-state index contributed by atoms with van der Waals surface area (Å²) in [6.07, 6.45) is -0.311. The molecule has 0 bridgehead atoms. The lowest BCUT2D eigenvalue weighted by Gasteiger charge is -2.26. The van der Waals surface area contributed by atoms with Gasteiger partial charge in [-0.2, -0.15) is 0 Å². The van der Waals surface area contributed by atoms with Gasteiger partial charge in [-0.15, -0.1) is 11.8 Å². The number of benzene rings is 2. The Morgan fingerprint density at radius 1 is 1.28 bits per heavy atom. The second-order valence-corrected chi connectivity index (χ2v) is 6.88.